The summed E-state index contributed by atoms with van der Waals surface area (Å²) >= 11 is 0. The molecule has 3 rings (SSSR count). The molecule has 0 spiro atoms. The number of ether oxygens (including phenoxy) is 1. The summed E-state index contributed by atoms with van der Waals surface area (Å²) in [6.45, 7) is 3.19. The Labute approximate surface area is 116 Å². The summed E-state index contributed by atoms with van der Waals surface area (Å²) in [6, 6.07) is 4.75. The molecule has 1 aliphatic rings. The van der Waals surface area contributed by atoms with Crippen LogP contribution in [0.5, 0.6) is 0 Å². The van der Waals surface area contributed by atoms with Gasteiger partial charge in [0, 0.05) is 29.4 Å². The zero-order chi connectivity index (χ0) is 14.1. The smallest absolute Gasteiger partial charge is 0.185 e. The lowest BCUT2D eigenvalue weighted by Gasteiger charge is -2.25. The Balaban J connectivity index is 2.03. The standard InChI is InChI=1S/C15H16F2N2O/c1-9-7-13(19-10-3-2-6-20-8-10)11-4-5-12(16)14(17)15(11)18-9/h4-5,7,10H,2-3,6,8H2,1H3,(H,18,19)/t10-/m0/s1. The first-order valence-corrected chi connectivity index (χ1v) is 6.75. The van der Waals surface area contributed by atoms with E-state index in [0.717, 1.165) is 31.2 Å². The molecule has 0 bridgehead atoms. The van der Waals surface area contributed by atoms with E-state index in [-0.39, 0.29) is 11.6 Å². The summed E-state index contributed by atoms with van der Waals surface area (Å²) in [5.74, 6) is -1.77. The Hall–Kier alpha value is -1.75. The molecule has 1 fully saturated rings. The summed E-state index contributed by atoms with van der Waals surface area (Å²) in [5, 5.41) is 3.95. The SMILES string of the molecule is Cc1cc(N[C@H]2CCCOC2)c2ccc(F)c(F)c2n1. The molecule has 1 aromatic heterocycles. The van der Waals surface area contributed by atoms with Crippen LogP contribution in [0.1, 0.15) is 18.5 Å². The van der Waals surface area contributed by atoms with Crippen LogP contribution in [0.3, 0.4) is 0 Å². The number of benzene rings is 1. The fraction of sp³-hybridized carbons (Fsp3) is 0.400. The topological polar surface area (TPSA) is 34.1 Å². The summed E-state index contributed by atoms with van der Waals surface area (Å²) < 4.78 is 32.6. The first-order valence-electron chi connectivity index (χ1n) is 6.75. The van der Waals surface area contributed by atoms with Gasteiger partial charge in [-0.3, -0.25) is 0 Å². The van der Waals surface area contributed by atoms with Gasteiger partial charge in [0.1, 0.15) is 5.52 Å². The quantitative estimate of drug-likeness (QED) is 0.914. The largest absolute Gasteiger partial charge is 0.379 e. The van der Waals surface area contributed by atoms with Crippen molar-refractivity contribution in [2.75, 3.05) is 18.5 Å². The number of fused-ring (bicyclic) bond motifs is 1. The Morgan fingerprint density at radius 3 is 2.95 bits per heavy atom. The Kier molecular flexibility index (Phi) is 3.53. The number of pyridine rings is 1. The average Bonchev–Trinajstić information content (AvgIpc) is 2.44. The molecule has 106 valence electrons. The van der Waals surface area contributed by atoms with Crippen molar-refractivity contribution in [2.45, 2.75) is 25.8 Å². The molecular weight excluding hydrogens is 262 g/mol. The van der Waals surface area contributed by atoms with E-state index >= 15 is 0 Å². The van der Waals surface area contributed by atoms with Crippen molar-refractivity contribution in [3.8, 4) is 0 Å². The molecule has 1 aliphatic heterocycles. The number of halogens is 2. The minimum atomic E-state index is -0.894. The number of aromatic nitrogens is 1. The molecular formula is C15H16F2N2O. The van der Waals surface area contributed by atoms with E-state index in [0.29, 0.717) is 17.7 Å². The van der Waals surface area contributed by atoms with Gasteiger partial charge in [-0.2, -0.15) is 0 Å². The molecule has 0 amide bonds. The van der Waals surface area contributed by atoms with Crippen LogP contribution in [-0.2, 0) is 4.74 Å². The third kappa shape index (κ3) is 2.45. The van der Waals surface area contributed by atoms with Crippen molar-refractivity contribution in [3.05, 3.63) is 35.5 Å². The highest BCUT2D eigenvalue weighted by molar-refractivity contribution is 5.92. The highest BCUT2D eigenvalue weighted by Crippen LogP contribution is 2.28. The first kappa shape index (κ1) is 13.2. The van der Waals surface area contributed by atoms with Crippen LogP contribution in [0.15, 0.2) is 18.2 Å². The molecule has 2 heterocycles. The van der Waals surface area contributed by atoms with E-state index in [4.69, 9.17) is 4.74 Å². The van der Waals surface area contributed by atoms with Crippen LogP contribution in [0.25, 0.3) is 10.9 Å². The minimum Gasteiger partial charge on any atom is -0.379 e. The predicted octanol–water partition coefficient (Wildman–Crippen LogP) is 3.41. The fourth-order valence-corrected chi connectivity index (χ4v) is 2.56. The first-order chi connectivity index (χ1) is 9.65. The number of aryl methyl sites for hydroxylation is 1. The lowest BCUT2D eigenvalue weighted by atomic mass is 10.1. The van der Waals surface area contributed by atoms with Gasteiger partial charge >= 0.3 is 0 Å². The number of nitrogens with one attached hydrogen (secondary N) is 1. The molecule has 2 aromatic rings. The minimum absolute atomic E-state index is 0.0734. The van der Waals surface area contributed by atoms with Crippen LogP contribution >= 0.6 is 0 Å². The zero-order valence-electron chi connectivity index (χ0n) is 11.2. The highest BCUT2D eigenvalue weighted by Gasteiger charge is 2.17. The van der Waals surface area contributed by atoms with Crippen LogP contribution in [0, 0.1) is 18.6 Å². The van der Waals surface area contributed by atoms with E-state index in [9.17, 15) is 8.78 Å². The van der Waals surface area contributed by atoms with Gasteiger partial charge in [-0.1, -0.05) is 0 Å². The van der Waals surface area contributed by atoms with Gasteiger partial charge in [0.05, 0.1) is 6.61 Å². The van der Waals surface area contributed by atoms with Gasteiger partial charge in [0.2, 0.25) is 0 Å². The van der Waals surface area contributed by atoms with Gasteiger partial charge < -0.3 is 10.1 Å². The summed E-state index contributed by atoms with van der Waals surface area (Å²) in [4.78, 5) is 4.10. The van der Waals surface area contributed by atoms with E-state index in [1.807, 2.05) is 6.07 Å². The van der Waals surface area contributed by atoms with Gasteiger partial charge in [0.25, 0.3) is 0 Å². The van der Waals surface area contributed by atoms with Crippen LogP contribution < -0.4 is 5.32 Å². The van der Waals surface area contributed by atoms with Gasteiger partial charge in [-0.05, 0) is 38.0 Å². The zero-order valence-corrected chi connectivity index (χ0v) is 11.2. The van der Waals surface area contributed by atoms with Crippen molar-refractivity contribution in [2.24, 2.45) is 0 Å². The van der Waals surface area contributed by atoms with Crippen LogP contribution in [-0.4, -0.2) is 24.2 Å². The number of rotatable bonds is 2. The third-order valence-electron chi connectivity index (χ3n) is 3.52. The van der Waals surface area contributed by atoms with E-state index in [1.54, 1.807) is 13.0 Å². The molecule has 1 aromatic carbocycles. The molecule has 0 saturated carbocycles. The highest BCUT2D eigenvalue weighted by atomic mass is 19.2. The van der Waals surface area contributed by atoms with Crippen molar-refractivity contribution < 1.29 is 13.5 Å². The molecule has 1 saturated heterocycles. The fourth-order valence-electron chi connectivity index (χ4n) is 2.56. The second kappa shape index (κ2) is 5.32. The number of hydrogen-bond donors (Lipinski definition) is 1. The number of anilines is 1. The molecule has 3 nitrogen and oxygen atoms in total. The second-order valence-corrected chi connectivity index (χ2v) is 5.13. The van der Waals surface area contributed by atoms with E-state index in [1.165, 1.54) is 0 Å². The maximum atomic E-state index is 13.8. The van der Waals surface area contributed by atoms with Crippen LogP contribution in [0.2, 0.25) is 0 Å². The van der Waals surface area contributed by atoms with Crippen molar-refractivity contribution >= 4 is 16.6 Å². The van der Waals surface area contributed by atoms with Gasteiger partial charge in [-0.25, -0.2) is 13.8 Å². The molecule has 5 heteroatoms. The third-order valence-corrected chi connectivity index (χ3v) is 3.52. The number of hydrogen-bond acceptors (Lipinski definition) is 3. The molecule has 0 aliphatic carbocycles. The van der Waals surface area contributed by atoms with Crippen LogP contribution in [0.4, 0.5) is 14.5 Å². The second-order valence-electron chi connectivity index (χ2n) is 5.13. The van der Waals surface area contributed by atoms with Gasteiger partial charge in [-0.15, -0.1) is 0 Å². The van der Waals surface area contributed by atoms with Crippen molar-refractivity contribution in [3.63, 3.8) is 0 Å². The van der Waals surface area contributed by atoms with Gasteiger partial charge in [0.15, 0.2) is 11.6 Å². The summed E-state index contributed by atoms with van der Waals surface area (Å²) in [5.41, 5.74) is 1.51. The monoisotopic (exact) mass is 278 g/mol. The Bertz CT molecular complexity index is 639. The Morgan fingerprint density at radius 2 is 2.20 bits per heavy atom. The molecule has 1 N–H and O–H groups in total. The van der Waals surface area contributed by atoms with Crippen molar-refractivity contribution in [1.29, 1.82) is 0 Å². The average molecular weight is 278 g/mol. The van der Waals surface area contributed by atoms with E-state index in [2.05, 4.69) is 10.3 Å². The van der Waals surface area contributed by atoms with E-state index < -0.39 is 11.6 Å². The summed E-state index contributed by atoms with van der Waals surface area (Å²) in [6.07, 6.45) is 2.01. The molecule has 1 atom stereocenters. The van der Waals surface area contributed by atoms with Crippen molar-refractivity contribution in [1.82, 2.24) is 4.98 Å². The molecule has 0 radical (unpaired) electrons. The Morgan fingerprint density at radius 1 is 1.35 bits per heavy atom. The summed E-state index contributed by atoms with van der Waals surface area (Å²) in [7, 11) is 0. The maximum Gasteiger partial charge on any atom is 0.185 e. The molecule has 0 unspecified atom stereocenters. The predicted molar refractivity (Wildman–Crippen MR) is 73.9 cm³/mol. The lowest BCUT2D eigenvalue weighted by molar-refractivity contribution is 0.0876. The molecule has 20 heavy (non-hydrogen) atoms. The maximum absolute atomic E-state index is 13.8. The number of nitrogens with zero attached hydrogens (tertiary/aromatic N) is 1. The lowest BCUT2D eigenvalue weighted by Crippen LogP contribution is -2.30. The normalized spacial score (nSPS) is 19.2.